The van der Waals surface area contributed by atoms with Gasteiger partial charge < -0.3 is 4.84 Å². The summed E-state index contributed by atoms with van der Waals surface area (Å²) in [5, 5.41) is 4.04. The van der Waals surface area contributed by atoms with Crippen LogP contribution in [-0.4, -0.2) is 12.8 Å². The highest BCUT2D eigenvalue weighted by Crippen LogP contribution is 2.28. The van der Waals surface area contributed by atoms with Gasteiger partial charge in [0.25, 0.3) is 0 Å². The number of rotatable bonds is 2. The maximum Gasteiger partial charge on any atom is 0.106 e. The third-order valence-electron chi connectivity index (χ3n) is 2.39. The number of hydrogen-bond donors (Lipinski definition) is 0. The molecule has 1 unspecified atom stereocenters. The van der Waals surface area contributed by atoms with Gasteiger partial charge in [-0.2, -0.15) is 0 Å². The van der Waals surface area contributed by atoms with Gasteiger partial charge in [0.1, 0.15) is 7.11 Å². The van der Waals surface area contributed by atoms with Crippen molar-refractivity contribution in [3.8, 4) is 0 Å². The van der Waals surface area contributed by atoms with Crippen molar-refractivity contribution in [3.63, 3.8) is 0 Å². The molecule has 0 aromatic carbocycles. The first-order chi connectivity index (χ1) is 5.25. The highest BCUT2D eigenvalue weighted by atomic mass is 16.6. The molecule has 2 nitrogen and oxygen atoms in total. The van der Waals surface area contributed by atoms with Gasteiger partial charge in [0, 0.05) is 5.92 Å². The summed E-state index contributed by atoms with van der Waals surface area (Å²) in [6.07, 6.45) is 3.71. The molecule has 0 aliphatic heterocycles. The average Bonchev–Trinajstić information content (AvgIpc) is 2.36. The summed E-state index contributed by atoms with van der Waals surface area (Å²) in [6.45, 7) is 4.50. The Kier molecular flexibility index (Phi) is 2.92. The predicted octanol–water partition coefficient (Wildman–Crippen LogP) is 2.44. The Morgan fingerprint density at radius 1 is 1.55 bits per heavy atom. The minimum Gasteiger partial charge on any atom is -0.399 e. The first-order valence-electron chi connectivity index (χ1n) is 4.35. The van der Waals surface area contributed by atoms with E-state index in [9.17, 15) is 0 Å². The van der Waals surface area contributed by atoms with Gasteiger partial charge >= 0.3 is 0 Å². The van der Waals surface area contributed by atoms with E-state index in [1.54, 1.807) is 7.11 Å². The summed E-state index contributed by atoms with van der Waals surface area (Å²) in [6, 6.07) is 0. The van der Waals surface area contributed by atoms with Crippen molar-refractivity contribution in [3.05, 3.63) is 0 Å². The van der Waals surface area contributed by atoms with E-state index >= 15 is 0 Å². The fraction of sp³-hybridized carbons (Fsp3) is 0.889. The largest absolute Gasteiger partial charge is 0.399 e. The first kappa shape index (κ1) is 8.57. The molecule has 0 saturated heterocycles. The zero-order valence-corrected chi connectivity index (χ0v) is 7.63. The lowest BCUT2D eigenvalue weighted by atomic mass is 9.93. The van der Waals surface area contributed by atoms with Gasteiger partial charge in [-0.15, -0.1) is 0 Å². The second-order valence-electron chi connectivity index (χ2n) is 3.51. The van der Waals surface area contributed by atoms with Crippen LogP contribution in [-0.2, 0) is 4.84 Å². The molecule has 0 aromatic rings. The van der Waals surface area contributed by atoms with E-state index in [-0.39, 0.29) is 0 Å². The van der Waals surface area contributed by atoms with Gasteiger partial charge in [-0.25, -0.2) is 0 Å². The molecule has 2 heteroatoms. The average molecular weight is 155 g/mol. The van der Waals surface area contributed by atoms with E-state index in [1.807, 2.05) is 0 Å². The molecule has 1 aliphatic carbocycles. The van der Waals surface area contributed by atoms with Crippen molar-refractivity contribution in [1.29, 1.82) is 0 Å². The van der Waals surface area contributed by atoms with Crippen LogP contribution in [0.1, 0.15) is 33.1 Å². The smallest absolute Gasteiger partial charge is 0.106 e. The molecule has 64 valence electrons. The van der Waals surface area contributed by atoms with Crippen molar-refractivity contribution in [2.75, 3.05) is 7.11 Å². The number of oxime groups is 1. The van der Waals surface area contributed by atoms with Crippen LogP contribution in [0.2, 0.25) is 0 Å². The molecule has 0 heterocycles. The van der Waals surface area contributed by atoms with Crippen LogP contribution < -0.4 is 0 Å². The lowest BCUT2D eigenvalue weighted by Crippen LogP contribution is -2.13. The summed E-state index contributed by atoms with van der Waals surface area (Å²) in [5.41, 5.74) is 1.27. The van der Waals surface area contributed by atoms with Crippen molar-refractivity contribution in [2.24, 2.45) is 17.0 Å². The van der Waals surface area contributed by atoms with Gasteiger partial charge in [-0.3, -0.25) is 0 Å². The summed E-state index contributed by atoms with van der Waals surface area (Å²) in [4.78, 5) is 4.79. The Labute approximate surface area is 68.6 Å². The van der Waals surface area contributed by atoms with Crippen LogP contribution in [0.5, 0.6) is 0 Å². The van der Waals surface area contributed by atoms with Crippen molar-refractivity contribution >= 4 is 5.71 Å². The van der Waals surface area contributed by atoms with E-state index in [1.165, 1.54) is 18.6 Å². The quantitative estimate of drug-likeness (QED) is 0.561. The minimum atomic E-state index is 0.676. The van der Waals surface area contributed by atoms with Gasteiger partial charge in [0.15, 0.2) is 0 Å². The molecule has 1 rings (SSSR count). The van der Waals surface area contributed by atoms with Crippen LogP contribution in [0.4, 0.5) is 0 Å². The summed E-state index contributed by atoms with van der Waals surface area (Å²) >= 11 is 0. The highest BCUT2D eigenvalue weighted by Gasteiger charge is 2.25. The lowest BCUT2D eigenvalue weighted by Gasteiger charge is -2.13. The molecular weight excluding hydrogens is 138 g/mol. The van der Waals surface area contributed by atoms with Crippen LogP contribution in [0, 0.1) is 11.8 Å². The molecule has 0 spiro atoms. The van der Waals surface area contributed by atoms with E-state index in [0.717, 1.165) is 6.42 Å². The fourth-order valence-corrected chi connectivity index (χ4v) is 1.80. The Morgan fingerprint density at radius 3 is 2.82 bits per heavy atom. The second kappa shape index (κ2) is 3.74. The third-order valence-corrected chi connectivity index (χ3v) is 2.39. The van der Waals surface area contributed by atoms with Crippen LogP contribution in [0.3, 0.4) is 0 Å². The third kappa shape index (κ3) is 1.95. The Morgan fingerprint density at radius 2 is 2.27 bits per heavy atom. The van der Waals surface area contributed by atoms with Crippen molar-refractivity contribution in [1.82, 2.24) is 0 Å². The number of hydrogen-bond acceptors (Lipinski definition) is 2. The van der Waals surface area contributed by atoms with Gasteiger partial charge in [0.2, 0.25) is 0 Å². The van der Waals surface area contributed by atoms with E-state index in [2.05, 4.69) is 19.0 Å². The molecule has 1 saturated carbocycles. The van der Waals surface area contributed by atoms with Crippen molar-refractivity contribution in [2.45, 2.75) is 33.1 Å². The molecule has 0 N–H and O–H groups in total. The van der Waals surface area contributed by atoms with E-state index < -0.39 is 0 Å². The molecule has 1 fully saturated rings. The maximum absolute atomic E-state index is 4.79. The molecular formula is C9H17NO. The Balaban J connectivity index is 2.58. The topological polar surface area (TPSA) is 21.6 Å². The van der Waals surface area contributed by atoms with Crippen LogP contribution in [0.25, 0.3) is 0 Å². The van der Waals surface area contributed by atoms with Gasteiger partial charge in [0.05, 0.1) is 5.71 Å². The molecule has 11 heavy (non-hydrogen) atoms. The molecule has 1 aliphatic rings. The molecule has 0 amide bonds. The molecule has 1 atom stereocenters. The highest BCUT2D eigenvalue weighted by molar-refractivity contribution is 5.88. The monoisotopic (exact) mass is 155 g/mol. The molecule has 0 aromatic heterocycles. The van der Waals surface area contributed by atoms with Crippen LogP contribution >= 0.6 is 0 Å². The SMILES string of the molecule is CO/N=C1\CCCC1C(C)C. The predicted molar refractivity (Wildman–Crippen MR) is 46.6 cm³/mol. The Bertz CT molecular complexity index is 152. The first-order valence-corrected chi connectivity index (χ1v) is 4.35. The normalized spacial score (nSPS) is 28.4. The zero-order valence-electron chi connectivity index (χ0n) is 7.63. The Hall–Kier alpha value is -0.530. The lowest BCUT2D eigenvalue weighted by molar-refractivity contribution is 0.210. The zero-order chi connectivity index (χ0) is 8.27. The minimum absolute atomic E-state index is 0.676. The van der Waals surface area contributed by atoms with Crippen LogP contribution in [0.15, 0.2) is 5.16 Å². The summed E-state index contributed by atoms with van der Waals surface area (Å²) in [7, 11) is 1.63. The maximum atomic E-state index is 4.79. The summed E-state index contributed by atoms with van der Waals surface area (Å²) in [5.74, 6) is 1.39. The standard InChI is InChI=1S/C9H17NO/c1-7(2)8-5-4-6-9(8)10-11-3/h7-8H,4-6H2,1-3H3/b10-9+. The number of nitrogens with zero attached hydrogens (tertiary/aromatic N) is 1. The summed E-state index contributed by atoms with van der Waals surface area (Å²) < 4.78 is 0. The second-order valence-corrected chi connectivity index (χ2v) is 3.51. The molecule has 0 radical (unpaired) electrons. The fourth-order valence-electron chi connectivity index (χ4n) is 1.80. The van der Waals surface area contributed by atoms with E-state index in [0.29, 0.717) is 11.8 Å². The van der Waals surface area contributed by atoms with Gasteiger partial charge in [-0.1, -0.05) is 19.0 Å². The molecule has 0 bridgehead atoms. The van der Waals surface area contributed by atoms with Gasteiger partial charge in [-0.05, 0) is 25.2 Å². The van der Waals surface area contributed by atoms with E-state index in [4.69, 9.17) is 4.84 Å². The van der Waals surface area contributed by atoms with Crippen molar-refractivity contribution < 1.29 is 4.84 Å².